The number of amides is 1. The summed E-state index contributed by atoms with van der Waals surface area (Å²) >= 11 is 0. The molecule has 3 rings (SSSR count). The zero-order chi connectivity index (χ0) is 37.3. The van der Waals surface area contributed by atoms with E-state index in [-0.39, 0.29) is 36.9 Å². The summed E-state index contributed by atoms with van der Waals surface area (Å²) in [6.45, 7) is -0.764. The van der Waals surface area contributed by atoms with E-state index in [9.17, 15) is 40.5 Å². The predicted molar refractivity (Wildman–Crippen MR) is 161 cm³/mol. The van der Waals surface area contributed by atoms with E-state index in [0.717, 1.165) is 0 Å². The maximum atomic E-state index is 12.4. The van der Waals surface area contributed by atoms with Crippen LogP contribution >= 0.6 is 0 Å². The molecule has 2 heterocycles. The minimum atomic E-state index is -4.67. The van der Waals surface area contributed by atoms with Crippen LogP contribution in [0.2, 0.25) is 0 Å². The van der Waals surface area contributed by atoms with Crippen LogP contribution in [0.4, 0.5) is 0 Å². The Morgan fingerprint density at radius 1 is 0.780 bits per heavy atom. The molecule has 3 aliphatic rings. The molecule has 0 unspecified atom stereocenters. The van der Waals surface area contributed by atoms with Gasteiger partial charge < -0.3 is 93.9 Å². The van der Waals surface area contributed by atoms with Crippen molar-refractivity contribution in [2.24, 2.45) is 22.9 Å². The van der Waals surface area contributed by atoms with E-state index in [0.29, 0.717) is 0 Å². The first-order valence-corrected chi connectivity index (χ1v) is 16.7. The van der Waals surface area contributed by atoms with Gasteiger partial charge in [0.2, 0.25) is 5.91 Å². The van der Waals surface area contributed by atoms with Gasteiger partial charge in [-0.2, -0.15) is 16.8 Å². The second-order valence-electron chi connectivity index (χ2n) is 10.7. The number of aliphatic hydroxyl groups excluding tert-OH is 7. The van der Waals surface area contributed by atoms with Crippen LogP contribution in [0.5, 0.6) is 0 Å². The SMILES string of the molecule is NCC[C@H](O)C(=O)N[C@@H]1C[C@H](N)[C@@H](O[C@H]2O[C@H](CN)[C@@H](O)[C@H](O)[C@H]2N)[C@H](O[C@@H]2O[C@H](CO)[C@@H](O)[C@H]2O)[C@H]1O.O.O.O=S(=O)(O)O.O=S(=O)(O)O. The Hall–Kier alpha value is -1.47. The number of hydrogen-bond acceptors (Lipinski definition) is 20. The minimum Gasteiger partial charge on any atom is -0.412 e. The van der Waals surface area contributed by atoms with Gasteiger partial charge in [0.1, 0.15) is 61.0 Å². The number of nitrogens with one attached hydrogen (secondary N) is 1. The normalized spacial score (nSPS) is 37.7. The average molecular weight is 788 g/mol. The molecule has 0 aromatic carbocycles. The summed E-state index contributed by atoms with van der Waals surface area (Å²) in [6.07, 6.45) is -16.9. The number of aliphatic hydroxyl groups is 7. The summed E-state index contributed by atoms with van der Waals surface area (Å²) in [4.78, 5) is 12.4. The maximum Gasteiger partial charge on any atom is 0.394 e. The van der Waals surface area contributed by atoms with Gasteiger partial charge in [0, 0.05) is 12.6 Å². The van der Waals surface area contributed by atoms with Crippen LogP contribution in [-0.4, -0.2) is 199 Å². The van der Waals surface area contributed by atoms with Gasteiger partial charge in [-0.3, -0.25) is 23.0 Å². The molecule has 1 aliphatic carbocycles. The predicted octanol–water partition coefficient (Wildman–Crippen LogP) is -10.7. The highest BCUT2D eigenvalue weighted by Crippen LogP contribution is 2.32. The Morgan fingerprint density at radius 2 is 1.24 bits per heavy atom. The summed E-state index contributed by atoms with van der Waals surface area (Å²) in [5.74, 6) is -0.807. The van der Waals surface area contributed by atoms with Gasteiger partial charge >= 0.3 is 20.8 Å². The van der Waals surface area contributed by atoms with Gasteiger partial charge in [-0.05, 0) is 19.4 Å². The van der Waals surface area contributed by atoms with Crippen molar-refractivity contribution in [1.82, 2.24) is 5.32 Å². The van der Waals surface area contributed by atoms with Crippen LogP contribution in [0.15, 0.2) is 0 Å². The highest BCUT2D eigenvalue weighted by atomic mass is 32.3. The van der Waals surface area contributed by atoms with Crippen LogP contribution in [0.3, 0.4) is 0 Å². The van der Waals surface area contributed by atoms with Crippen molar-refractivity contribution >= 4 is 26.7 Å². The Bertz CT molecular complexity index is 1160. The van der Waals surface area contributed by atoms with Gasteiger partial charge in [0.25, 0.3) is 0 Å². The molecule has 24 N–H and O–H groups in total. The molecule has 2 aliphatic heterocycles. The molecule has 0 radical (unpaired) electrons. The summed E-state index contributed by atoms with van der Waals surface area (Å²) in [7, 11) is -9.33. The standard InChI is InChI=1S/C21H41N5O12.2H2O4S.2H2O/c22-2-1-8(28)19(34)26-7-3-6(24)17(37-20-11(25)15(32)13(30)9(4-23)35-20)18(12(7)29)38-21-16(33)14(31)10(5-27)36-21;2*1-5(2,3)4;;/h6-18,20-21,27-33H,1-5,22-25H2,(H,26,34);2*(H2,1,2,3,4);2*1H2/t6-,7+,8-,9+,10+,11+,12-,13+,14+,15+,16+,17+,18+,20+,21-;;;;/m0..../s1. The molecule has 0 bridgehead atoms. The minimum absolute atomic E-state index is 0. The topological polar surface area (TPSA) is 524 Å². The molecular formula is C21H49N5O22S2. The van der Waals surface area contributed by atoms with E-state index in [1.54, 1.807) is 0 Å². The number of carbonyl (C=O) groups excluding carboxylic acids is 1. The summed E-state index contributed by atoms with van der Waals surface area (Å²) < 4.78 is 85.9. The first kappa shape index (κ1) is 50.6. The molecule has 302 valence electrons. The third kappa shape index (κ3) is 16.0. The van der Waals surface area contributed by atoms with Gasteiger partial charge in [-0.1, -0.05) is 0 Å². The summed E-state index contributed by atoms with van der Waals surface area (Å²) in [6, 6.07) is -3.29. The van der Waals surface area contributed by atoms with Gasteiger partial charge in [0.05, 0.1) is 18.7 Å². The third-order valence-electron chi connectivity index (χ3n) is 7.15. The molecule has 3 fully saturated rings. The first-order chi connectivity index (χ1) is 21.9. The van der Waals surface area contributed by atoms with Gasteiger partial charge in [-0.25, -0.2) is 0 Å². The Labute approximate surface area is 284 Å². The summed E-state index contributed by atoms with van der Waals surface area (Å²) in [5.41, 5.74) is 23.3. The fourth-order valence-corrected chi connectivity index (χ4v) is 4.84. The lowest BCUT2D eigenvalue weighted by Gasteiger charge is -2.48. The molecular weight excluding hydrogens is 738 g/mol. The van der Waals surface area contributed by atoms with Crippen LogP contribution in [0, 0.1) is 0 Å². The lowest BCUT2D eigenvalue weighted by Crippen LogP contribution is -2.69. The smallest absolute Gasteiger partial charge is 0.394 e. The van der Waals surface area contributed by atoms with E-state index in [2.05, 4.69) is 5.32 Å². The lowest BCUT2D eigenvalue weighted by atomic mass is 9.83. The van der Waals surface area contributed by atoms with Crippen molar-refractivity contribution in [3.8, 4) is 0 Å². The quantitative estimate of drug-likeness (QED) is 0.0914. The molecule has 1 amide bonds. The molecule has 1 saturated carbocycles. The Morgan fingerprint density at radius 3 is 1.68 bits per heavy atom. The fourth-order valence-electron chi connectivity index (χ4n) is 4.84. The van der Waals surface area contributed by atoms with E-state index in [4.69, 9.17) is 76.9 Å². The molecule has 29 heteroatoms. The molecule has 2 saturated heterocycles. The van der Waals surface area contributed by atoms with Crippen molar-refractivity contribution in [3.05, 3.63) is 0 Å². The third-order valence-corrected chi connectivity index (χ3v) is 7.15. The van der Waals surface area contributed by atoms with Gasteiger partial charge in [0.15, 0.2) is 12.6 Å². The highest BCUT2D eigenvalue weighted by molar-refractivity contribution is 7.80. The van der Waals surface area contributed by atoms with Crippen molar-refractivity contribution < 1.29 is 105 Å². The number of nitrogens with two attached hydrogens (primary N) is 4. The van der Waals surface area contributed by atoms with Crippen LogP contribution < -0.4 is 28.3 Å². The molecule has 0 aromatic rings. The Kier molecular flexibility index (Phi) is 22.2. The van der Waals surface area contributed by atoms with Crippen LogP contribution in [-0.2, 0) is 44.5 Å². The Balaban J connectivity index is 0. The summed E-state index contributed by atoms with van der Waals surface area (Å²) in [5, 5.41) is 74.0. The largest absolute Gasteiger partial charge is 0.412 e. The zero-order valence-electron chi connectivity index (χ0n) is 25.9. The van der Waals surface area contributed by atoms with E-state index in [1.165, 1.54) is 0 Å². The second-order valence-corrected chi connectivity index (χ2v) is 12.5. The first-order valence-electron chi connectivity index (χ1n) is 13.9. The maximum absolute atomic E-state index is 12.4. The fraction of sp³-hybridized carbons (Fsp3) is 0.952. The van der Waals surface area contributed by atoms with Crippen molar-refractivity contribution in [2.75, 3.05) is 19.7 Å². The number of hydrogen-bond donors (Lipinski definition) is 16. The lowest BCUT2D eigenvalue weighted by molar-refractivity contribution is -0.307. The van der Waals surface area contributed by atoms with E-state index >= 15 is 0 Å². The molecule has 27 nitrogen and oxygen atoms in total. The average Bonchev–Trinajstić information content (AvgIpc) is 3.23. The number of rotatable bonds is 10. The molecule has 15 atom stereocenters. The van der Waals surface area contributed by atoms with Crippen LogP contribution in [0.25, 0.3) is 0 Å². The second kappa shape index (κ2) is 21.9. The monoisotopic (exact) mass is 787 g/mol. The zero-order valence-corrected chi connectivity index (χ0v) is 27.5. The molecule has 0 spiro atoms. The molecule has 0 aromatic heterocycles. The van der Waals surface area contributed by atoms with E-state index < -0.39 is 125 Å². The van der Waals surface area contributed by atoms with E-state index in [1.807, 2.05) is 0 Å². The van der Waals surface area contributed by atoms with Crippen LogP contribution in [0.1, 0.15) is 12.8 Å². The molecule has 50 heavy (non-hydrogen) atoms. The number of ether oxygens (including phenoxy) is 4. The number of carbonyl (C=O) groups is 1. The van der Waals surface area contributed by atoms with Gasteiger partial charge in [-0.15, -0.1) is 0 Å². The van der Waals surface area contributed by atoms with Crippen molar-refractivity contribution in [3.63, 3.8) is 0 Å². The van der Waals surface area contributed by atoms with Crippen molar-refractivity contribution in [2.45, 2.75) is 105 Å². The van der Waals surface area contributed by atoms with Crippen molar-refractivity contribution in [1.29, 1.82) is 0 Å². The highest BCUT2D eigenvalue weighted by Gasteiger charge is 2.53.